The van der Waals surface area contributed by atoms with E-state index < -0.39 is 11.9 Å². The summed E-state index contributed by atoms with van der Waals surface area (Å²) in [6.45, 7) is 5.07. The Labute approximate surface area is 138 Å². The first-order valence-electron chi connectivity index (χ1n) is 7.64. The van der Waals surface area contributed by atoms with Crippen LogP contribution in [0.1, 0.15) is 30.5 Å². The predicted molar refractivity (Wildman–Crippen MR) is 85.6 cm³/mol. The summed E-state index contributed by atoms with van der Waals surface area (Å²) in [5, 5.41) is 7.58. The lowest BCUT2D eigenvalue weighted by molar-refractivity contribution is -0.140. The number of thiazole rings is 1. The number of aliphatic imine (C=N–C) groups is 1. The fourth-order valence-corrected chi connectivity index (χ4v) is 3.00. The summed E-state index contributed by atoms with van der Waals surface area (Å²) in [7, 11) is 1.64. The molecule has 1 saturated carbocycles. The third-order valence-corrected chi connectivity index (χ3v) is 4.48. The molecule has 0 aromatic carbocycles. The van der Waals surface area contributed by atoms with Gasteiger partial charge in [-0.25, -0.2) is 4.98 Å². The molecule has 2 N–H and O–H groups in total. The molecule has 1 aliphatic rings. The molecule has 130 valence electrons. The van der Waals surface area contributed by atoms with E-state index in [4.69, 9.17) is 0 Å². The summed E-state index contributed by atoms with van der Waals surface area (Å²) in [6, 6.07) is 0.716. The standard InChI is InChI=1S/C14H22F3N5S/c1-3-22(10-4-5-10)7-6-19-13(18-2)20-8-12-21-11(9-23-12)14(15,16)17/h9-10H,3-8H2,1-2H3,(H2,18,19,20). The Morgan fingerprint density at radius 3 is 2.70 bits per heavy atom. The molecule has 2 rings (SSSR count). The maximum atomic E-state index is 12.5. The predicted octanol–water partition coefficient (Wildman–Crippen LogP) is 2.31. The topological polar surface area (TPSA) is 52.5 Å². The second-order valence-corrected chi connectivity index (χ2v) is 6.28. The zero-order valence-electron chi connectivity index (χ0n) is 13.3. The molecule has 0 amide bonds. The van der Waals surface area contributed by atoms with Crippen molar-refractivity contribution in [3.05, 3.63) is 16.1 Å². The van der Waals surface area contributed by atoms with Crippen LogP contribution in [0.5, 0.6) is 0 Å². The minimum Gasteiger partial charge on any atom is -0.355 e. The summed E-state index contributed by atoms with van der Waals surface area (Å²) < 4.78 is 37.5. The lowest BCUT2D eigenvalue weighted by atomic mass is 10.4. The van der Waals surface area contributed by atoms with Crippen molar-refractivity contribution in [2.24, 2.45) is 4.99 Å². The molecule has 0 spiro atoms. The van der Waals surface area contributed by atoms with Crippen LogP contribution in [0.4, 0.5) is 13.2 Å². The first-order valence-corrected chi connectivity index (χ1v) is 8.52. The normalized spacial score (nSPS) is 16.0. The van der Waals surface area contributed by atoms with Gasteiger partial charge in [-0.1, -0.05) is 6.92 Å². The first kappa shape index (κ1) is 18.0. The number of alkyl halides is 3. The van der Waals surface area contributed by atoms with E-state index >= 15 is 0 Å². The van der Waals surface area contributed by atoms with Crippen molar-refractivity contribution in [1.29, 1.82) is 0 Å². The Bertz CT molecular complexity index is 525. The summed E-state index contributed by atoms with van der Waals surface area (Å²) >= 11 is 0.989. The van der Waals surface area contributed by atoms with E-state index in [0.717, 1.165) is 36.4 Å². The maximum absolute atomic E-state index is 12.5. The lowest BCUT2D eigenvalue weighted by Gasteiger charge is -2.20. The van der Waals surface area contributed by atoms with Crippen LogP contribution in [0.2, 0.25) is 0 Å². The molecule has 1 aromatic rings. The number of halogens is 3. The molecule has 1 heterocycles. The molecule has 0 saturated heterocycles. The van der Waals surface area contributed by atoms with Crippen LogP contribution in [0, 0.1) is 0 Å². The largest absolute Gasteiger partial charge is 0.434 e. The lowest BCUT2D eigenvalue weighted by Crippen LogP contribution is -2.41. The Balaban J connectivity index is 1.73. The van der Waals surface area contributed by atoms with Crippen molar-refractivity contribution >= 4 is 17.3 Å². The minimum atomic E-state index is -4.39. The van der Waals surface area contributed by atoms with Crippen LogP contribution in [0.25, 0.3) is 0 Å². The Morgan fingerprint density at radius 2 is 2.17 bits per heavy atom. The molecule has 0 unspecified atom stereocenters. The van der Waals surface area contributed by atoms with Crippen molar-refractivity contribution < 1.29 is 13.2 Å². The number of likely N-dealkylation sites (N-methyl/N-ethyl adjacent to an activating group) is 1. The van der Waals surface area contributed by atoms with Gasteiger partial charge in [0.05, 0.1) is 6.54 Å². The molecule has 0 bridgehead atoms. The zero-order valence-corrected chi connectivity index (χ0v) is 14.1. The molecule has 1 fully saturated rings. The number of guanidine groups is 1. The van der Waals surface area contributed by atoms with Crippen LogP contribution < -0.4 is 10.6 Å². The highest BCUT2D eigenvalue weighted by atomic mass is 32.1. The molecule has 0 aliphatic heterocycles. The van der Waals surface area contributed by atoms with E-state index in [1.54, 1.807) is 7.05 Å². The highest BCUT2D eigenvalue weighted by Crippen LogP contribution is 2.29. The van der Waals surface area contributed by atoms with E-state index in [2.05, 4.69) is 32.4 Å². The molecule has 5 nitrogen and oxygen atoms in total. The highest BCUT2D eigenvalue weighted by molar-refractivity contribution is 7.09. The Hall–Kier alpha value is -1.35. The van der Waals surface area contributed by atoms with Crippen LogP contribution in [0.3, 0.4) is 0 Å². The summed E-state index contributed by atoms with van der Waals surface area (Å²) in [5.74, 6) is 0.570. The molecule has 9 heteroatoms. The number of nitrogens with one attached hydrogen (secondary N) is 2. The van der Waals surface area contributed by atoms with Gasteiger partial charge in [-0.15, -0.1) is 11.3 Å². The van der Waals surface area contributed by atoms with E-state index in [9.17, 15) is 13.2 Å². The fourth-order valence-electron chi connectivity index (χ4n) is 2.26. The summed E-state index contributed by atoms with van der Waals surface area (Å²) in [4.78, 5) is 10.1. The van der Waals surface area contributed by atoms with Crippen molar-refractivity contribution in [2.75, 3.05) is 26.7 Å². The minimum absolute atomic E-state index is 0.223. The Kier molecular flexibility index (Phi) is 6.23. The van der Waals surface area contributed by atoms with Gasteiger partial charge in [-0.05, 0) is 19.4 Å². The van der Waals surface area contributed by atoms with Gasteiger partial charge < -0.3 is 10.6 Å². The van der Waals surface area contributed by atoms with E-state index in [0.29, 0.717) is 17.0 Å². The van der Waals surface area contributed by atoms with Gasteiger partial charge in [0.1, 0.15) is 5.01 Å². The van der Waals surface area contributed by atoms with Crippen LogP contribution in [0.15, 0.2) is 10.4 Å². The van der Waals surface area contributed by atoms with E-state index in [-0.39, 0.29) is 6.54 Å². The quantitative estimate of drug-likeness (QED) is 0.586. The second kappa shape index (κ2) is 7.96. The third kappa shape index (κ3) is 5.65. The smallest absolute Gasteiger partial charge is 0.355 e. The van der Waals surface area contributed by atoms with Crippen molar-refractivity contribution in [3.63, 3.8) is 0 Å². The second-order valence-electron chi connectivity index (χ2n) is 5.34. The summed E-state index contributed by atoms with van der Waals surface area (Å²) in [5.41, 5.74) is -0.842. The molecular weight excluding hydrogens is 327 g/mol. The number of hydrogen-bond acceptors (Lipinski definition) is 4. The van der Waals surface area contributed by atoms with Gasteiger partial charge in [-0.2, -0.15) is 13.2 Å². The fraction of sp³-hybridized carbons (Fsp3) is 0.714. The molecule has 0 atom stereocenters. The molecule has 23 heavy (non-hydrogen) atoms. The first-order chi connectivity index (χ1) is 10.9. The molecular formula is C14H22F3N5S. The monoisotopic (exact) mass is 349 g/mol. The van der Waals surface area contributed by atoms with Crippen molar-refractivity contribution in [3.8, 4) is 0 Å². The number of nitrogens with zero attached hydrogens (tertiary/aromatic N) is 3. The molecule has 1 aromatic heterocycles. The SMILES string of the molecule is CCN(CCNC(=NC)NCc1nc(C(F)(F)F)cs1)C1CC1. The van der Waals surface area contributed by atoms with Gasteiger partial charge in [0, 0.05) is 31.6 Å². The van der Waals surface area contributed by atoms with Gasteiger partial charge in [0.25, 0.3) is 0 Å². The average Bonchev–Trinajstić information content (AvgIpc) is 3.22. The van der Waals surface area contributed by atoms with Crippen LogP contribution in [-0.2, 0) is 12.7 Å². The maximum Gasteiger partial charge on any atom is 0.434 e. The van der Waals surface area contributed by atoms with E-state index in [1.807, 2.05) is 0 Å². The zero-order chi connectivity index (χ0) is 16.9. The Morgan fingerprint density at radius 1 is 1.43 bits per heavy atom. The van der Waals surface area contributed by atoms with Gasteiger partial charge in [-0.3, -0.25) is 9.89 Å². The van der Waals surface area contributed by atoms with Gasteiger partial charge in [0.2, 0.25) is 0 Å². The molecule has 0 radical (unpaired) electrons. The van der Waals surface area contributed by atoms with Crippen molar-refractivity contribution in [2.45, 2.75) is 38.5 Å². The van der Waals surface area contributed by atoms with Gasteiger partial charge >= 0.3 is 6.18 Å². The number of aromatic nitrogens is 1. The van der Waals surface area contributed by atoms with Crippen molar-refractivity contribution in [1.82, 2.24) is 20.5 Å². The van der Waals surface area contributed by atoms with Crippen LogP contribution in [-0.4, -0.2) is 48.6 Å². The van der Waals surface area contributed by atoms with Gasteiger partial charge in [0.15, 0.2) is 11.7 Å². The molecule has 1 aliphatic carbocycles. The highest BCUT2D eigenvalue weighted by Gasteiger charge is 2.33. The number of rotatable bonds is 7. The van der Waals surface area contributed by atoms with E-state index in [1.165, 1.54) is 12.8 Å². The average molecular weight is 349 g/mol. The third-order valence-electron chi connectivity index (χ3n) is 3.63. The van der Waals surface area contributed by atoms with Crippen LogP contribution >= 0.6 is 11.3 Å². The number of hydrogen-bond donors (Lipinski definition) is 2. The summed E-state index contributed by atoms with van der Waals surface area (Å²) in [6.07, 6.45) is -1.85.